The second-order valence-electron chi connectivity index (χ2n) is 6.78. The van der Waals surface area contributed by atoms with Crippen molar-refractivity contribution in [2.45, 2.75) is 12.6 Å². The van der Waals surface area contributed by atoms with Gasteiger partial charge in [-0.1, -0.05) is 0 Å². The highest BCUT2D eigenvalue weighted by atomic mass is 19.1. The number of anilines is 1. The number of rotatable bonds is 3. The molecule has 0 spiro atoms. The first-order valence-corrected chi connectivity index (χ1v) is 8.94. The van der Waals surface area contributed by atoms with Crippen LogP contribution in [0.5, 0.6) is 0 Å². The van der Waals surface area contributed by atoms with Crippen LogP contribution in [-0.2, 0) is 13.6 Å². The summed E-state index contributed by atoms with van der Waals surface area (Å²) in [5, 5.41) is 11.5. The van der Waals surface area contributed by atoms with Crippen molar-refractivity contribution in [1.29, 1.82) is 5.26 Å². The van der Waals surface area contributed by atoms with E-state index in [0.29, 0.717) is 16.9 Å². The van der Waals surface area contributed by atoms with Gasteiger partial charge in [0.15, 0.2) is 0 Å². The fraction of sp³-hybridized carbons (Fsp3) is 0.150. The Hall–Kier alpha value is -4.26. The van der Waals surface area contributed by atoms with E-state index in [-0.39, 0.29) is 29.3 Å². The van der Waals surface area contributed by atoms with Crippen LogP contribution in [0.3, 0.4) is 0 Å². The first kappa shape index (κ1) is 19.1. The molecular formula is C20H16FN7O2. The molecule has 1 aromatic carbocycles. The highest BCUT2D eigenvalue weighted by molar-refractivity contribution is 6.03. The Bertz CT molecular complexity index is 1280. The molecule has 4 rings (SSSR count). The number of nitrogens with zero attached hydrogens (tertiary/aromatic N) is 5. The van der Waals surface area contributed by atoms with E-state index in [4.69, 9.17) is 11.0 Å². The van der Waals surface area contributed by atoms with Crippen LogP contribution in [-0.4, -0.2) is 25.9 Å². The number of pyridine rings is 1. The largest absolute Gasteiger partial charge is 0.382 e. The van der Waals surface area contributed by atoms with E-state index in [1.807, 2.05) is 6.07 Å². The number of amides is 1. The quantitative estimate of drug-likeness (QED) is 0.678. The van der Waals surface area contributed by atoms with E-state index < -0.39 is 17.8 Å². The van der Waals surface area contributed by atoms with Gasteiger partial charge < -0.3 is 15.6 Å². The molecule has 0 bridgehead atoms. The van der Waals surface area contributed by atoms with Gasteiger partial charge in [-0.2, -0.15) is 5.26 Å². The molecule has 0 saturated heterocycles. The highest BCUT2D eigenvalue weighted by Gasteiger charge is 2.26. The van der Waals surface area contributed by atoms with Gasteiger partial charge in [0.25, 0.3) is 5.91 Å². The van der Waals surface area contributed by atoms with Crippen molar-refractivity contribution in [3.63, 3.8) is 0 Å². The summed E-state index contributed by atoms with van der Waals surface area (Å²) >= 11 is 0. The number of nitriles is 1. The number of imidazole rings is 1. The van der Waals surface area contributed by atoms with Gasteiger partial charge in [-0.3, -0.25) is 14.4 Å². The number of carbonyl (C=O) groups excluding carboxylic acids is 1. The third-order valence-electron chi connectivity index (χ3n) is 4.79. The molecule has 1 atom stereocenters. The number of amidine groups is 1. The fourth-order valence-electron chi connectivity index (χ4n) is 3.26. The smallest absolute Gasteiger partial charge is 0.328 e. The molecule has 0 fully saturated rings. The van der Waals surface area contributed by atoms with E-state index in [9.17, 15) is 14.0 Å². The molecule has 0 saturated carbocycles. The van der Waals surface area contributed by atoms with Crippen LogP contribution >= 0.6 is 0 Å². The lowest BCUT2D eigenvalue weighted by molar-refractivity contribution is 0.102. The summed E-state index contributed by atoms with van der Waals surface area (Å²) in [5.74, 6) is -0.900. The molecule has 1 amide bonds. The zero-order valence-corrected chi connectivity index (χ0v) is 15.8. The molecule has 2 aromatic heterocycles. The lowest BCUT2D eigenvalue weighted by Gasteiger charge is -2.21. The summed E-state index contributed by atoms with van der Waals surface area (Å²) in [5.41, 5.74) is 7.17. The number of carbonyl (C=O) groups is 1. The van der Waals surface area contributed by atoms with E-state index in [1.165, 1.54) is 45.7 Å². The molecule has 30 heavy (non-hydrogen) atoms. The van der Waals surface area contributed by atoms with E-state index in [0.717, 1.165) is 0 Å². The molecule has 9 nitrogen and oxygen atoms in total. The van der Waals surface area contributed by atoms with Crippen molar-refractivity contribution < 1.29 is 9.18 Å². The van der Waals surface area contributed by atoms with Gasteiger partial charge in [0.05, 0.1) is 18.2 Å². The Morgan fingerprint density at radius 3 is 2.87 bits per heavy atom. The van der Waals surface area contributed by atoms with E-state index in [1.54, 1.807) is 13.2 Å². The van der Waals surface area contributed by atoms with Gasteiger partial charge in [0.2, 0.25) is 0 Å². The second kappa shape index (κ2) is 7.29. The summed E-state index contributed by atoms with van der Waals surface area (Å²) in [7, 11) is 1.60. The minimum Gasteiger partial charge on any atom is -0.382 e. The Morgan fingerprint density at radius 1 is 1.37 bits per heavy atom. The maximum absolute atomic E-state index is 14.5. The molecule has 0 aliphatic carbocycles. The minimum atomic E-state index is -0.720. The van der Waals surface area contributed by atoms with Crippen LogP contribution in [0.25, 0.3) is 0 Å². The maximum Gasteiger partial charge on any atom is 0.328 e. The predicted molar refractivity (Wildman–Crippen MR) is 106 cm³/mol. The number of nitrogens with one attached hydrogen (secondary N) is 1. The average molecular weight is 405 g/mol. The van der Waals surface area contributed by atoms with Gasteiger partial charge >= 0.3 is 5.69 Å². The number of halogens is 1. The fourth-order valence-corrected chi connectivity index (χ4v) is 3.26. The molecule has 1 aliphatic rings. The number of benzene rings is 1. The number of aromatic nitrogens is 3. The van der Waals surface area contributed by atoms with Crippen LogP contribution in [0.4, 0.5) is 10.1 Å². The zero-order valence-electron chi connectivity index (χ0n) is 15.8. The molecular weight excluding hydrogens is 389 g/mol. The van der Waals surface area contributed by atoms with Crippen molar-refractivity contribution in [3.05, 3.63) is 81.5 Å². The van der Waals surface area contributed by atoms with Gasteiger partial charge in [0.1, 0.15) is 29.1 Å². The third-order valence-corrected chi connectivity index (χ3v) is 4.79. The molecule has 3 heterocycles. The number of fused-ring (bicyclic) bond motifs is 1. The second-order valence-corrected chi connectivity index (χ2v) is 6.78. The standard InChI is InChI=1S/C20H16FN7O2/c1-27-10-17-18(23)26-16(9-28(17)20(27)30)13-6-12(3-4-14(13)21)25-19(29)15-5-2-11(7-22)8-24-15/h2-6,8,10,16H,9H2,1H3,(H2,23,26)(H,25,29). The van der Waals surface area contributed by atoms with Crippen molar-refractivity contribution in [2.24, 2.45) is 17.8 Å². The summed E-state index contributed by atoms with van der Waals surface area (Å²) in [6.45, 7) is 0.126. The Kier molecular flexibility index (Phi) is 4.63. The van der Waals surface area contributed by atoms with Crippen LogP contribution in [0, 0.1) is 17.1 Å². The molecule has 1 unspecified atom stereocenters. The third kappa shape index (κ3) is 3.33. The van der Waals surface area contributed by atoms with Crippen LogP contribution in [0.2, 0.25) is 0 Å². The minimum absolute atomic E-state index is 0.111. The van der Waals surface area contributed by atoms with Gasteiger partial charge in [0, 0.05) is 30.7 Å². The van der Waals surface area contributed by atoms with E-state index >= 15 is 0 Å². The number of aliphatic imine (C=N–C) groups is 1. The number of hydrogen-bond donors (Lipinski definition) is 2. The summed E-state index contributed by atoms with van der Waals surface area (Å²) in [6, 6.07) is 8.19. The number of hydrogen-bond acceptors (Lipinski definition) is 6. The summed E-state index contributed by atoms with van der Waals surface area (Å²) in [6.07, 6.45) is 2.87. The summed E-state index contributed by atoms with van der Waals surface area (Å²) < 4.78 is 17.4. The van der Waals surface area contributed by atoms with Crippen molar-refractivity contribution >= 4 is 17.4 Å². The van der Waals surface area contributed by atoms with Gasteiger partial charge in [-0.05, 0) is 30.3 Å². The lowest BCUT2D eigenvalue weighted by Crippen LogP contribution is -2.33. The molecule has 10 heteroatoms. The summed E-state index contributed by atoms with van der Waals surface area (Å²) in [4.78, 5) is 32.9. The SMILES string of the molecule is Cn1cc2n(c1=O)CC(c1cc(NC(=O)c3ccc(C#N)cn3)ccc1F)N=C2N. The van der Waals surface area contributed by atoms with Crippen molar-refractivity contribution in [3.8, 4) is 6.07 Å². The highest BCUT2D eigenvalue weighted by Crippen LogP contribution is 2.28. The van der Waals surface area contributed by atoms with Crippen LogP contribution in [0.1, 0.15) is 33.4 Å². The van der Waals surface area contributed by atoms with Gasteiger partial charge in [-0.25, -0.2) is 14.2 Å². The Morgan fingerprint density at radius 2 is 2.17 bits per heavy atom. The topological polar surface area (TPSA) is 131 Å². The molecule has 3 aromatic rings. The molecule has 150 valence electrons. The van der Waals surface area contributed by atoms with Crippen LogP contribution < -0.4 is 16.7 Å². The van der Waals surface area contributed by atoms with Gasteiger partial charge in [-0.15, -0.1) is 0 Å². The zero-order chi connectivity index (χ0) is 21.4. The Balaban J connectivity index is 1.61. The first-order chi connectivity index (χ1) is 14.4. The number of aryl methyl sites for hydroxylation is 1. The van der Waals surface area contributed by atoms with E-state index in [2.05, 4.69) is 15.3 Å². The molecule has 0 radical (unpaired) electrons. The lowest BCUT2D eigenvalue weighted by atomic mass is 10.0. The Labute approximate surface area is 169 Å². The molecule has 1 aliphatic heterocycles. The van der Waals surface area contributed by atoms with Crippen LogP contribution in [0.15, 0.2) is 52.5 Å². The van der Waals surface area contributed by atoms with Crippen molar-refractivity contribution in [1.82, 2.24) is 14.1 Å². The van der Waals surface area contributed by atoms with Crippen molar-refractivity contribution in [2.75, 3.05) is 5.32 Å². The maximum atomic E-state index is 14.5. The monoisotopic (exact) mass is 405 g/mol. The predicted octanol–water partition coefficient (Wildman–Crippen LogP) is 1.31. The number of nitrogens with two attached hydrogens (primary N) is 1. The normalized spacial score (nSPS) is 15.1. The first-order valence-electron chi connectivity index (χ1n) is 8.94. The molecule has 3 N–H and O–H groups in total. The average Bonchev–Trinajstić information content (AvgIpc) is 3.04.